The number of hydrogen-bond acceptors (Lipinski definition) is 8. The first-order valence-electron chi connectivity index (χ1n) is 44.9. The minimum Gasteiger partial charge on any atom is -0.456 e. The Morgan fingerprint density at radius 2 is 0.537 bits per heavy atom. The van der Waals surface area contributed by atoms with Crippen LogP contribution in [0.5, 0.6) is 0 Å². The number of thiophene rings is 2. The fourth-order valence-electron chi connectivity index (χ4n) is 20.6. The molecule has 0 spiro atoms. The van der Waals surface area contributed by atoms with Gasteiger partial charge >= 0.3 is 0 Å². The van der Waals surface area contributed by atoms with Crippen LogP contribution < -0.4 is 0 Å². The van der Waals surface area contributed by atoms with Crippen molar-refractivity contribution in [2.24, 2.45) is 0 Å². The van der Waals surface area contributed by atoms with Crippen LogP contribution in [0.1, 0.15) is 0 Å². The molecule has 0 saturated heterocycles. The zero-order chi connectivity index (χ0) is 87.7. The third-order valence-corrected chi connectivity index (χ3v) is 29.0. The summed E-state index contributed by atoms with van der Waals surface area (Å²) < 4.78 is 35.6. The summed E-state index contributed by atoms with van der Waals surface area (Å²) in [5, 5.41) is 14.5. The lowest BCUT2D eigenvalue weighted by atomic mass is 10.0. The fraction of sp³-hybridized carbons (Fsp3) is 0. The van der Waals surface area contributed by atoms with E-state index in [0.717, 1.165) is 167 Å². The topological polar surface area (TPSA) is 115 Å². The van der Waals surface area contributed by atoms with E-state index >= 15 is 0 Å². The smallest absolute Gasteiger partial charge is 0.150 e. The number of nitrogens with zero attached hydrogens (tertiary/aromatic N) is 12. The van der Waals surface area contributed by atoms with Crippen molar-refractivity contribution < 1.29 is 8.83 Å². The van der Waals surface area contributed by atoms with Crippen LogP contribution in [-0.2, 0) is 0 Å². The molecule has 0 radical (unpaired) electrons. The molecule has 0 unspecified atom stereocenters. The highest BCUT2D eigenvalue weighted by molar-refractivity contribution is 7.26. The lowest BCUT2D eigenvalue weighted by Gasteiger charge is -2.10. The molecule has 16 heterocycles. The van der Waals surface area contributed by atoms with Gasteiger partial charge in [0.05, 0.1) is 22.1 Å². The number of aromatic nitrogens is 12. The zero-order valence-corrected chi connectivity index (χ0v) is 73.2. The van der Waals surface area contributed by atoms with Crippen LogP contribution in [-0.4, -0.2) is 55.8 Å². The van der Waals surface area contributed by atoms with Gasteiger partial charge in [-0.25, -0.2) is 19.9 Å². The molecule has 31 aromatic rings. The Balaban J connectivity index is 0.0000000892. The zero-order valence-electron chi connectivity index (χ0n) is 71.6. The van der Waals surface area contributed by atoms with Crippen molar-refractivity contribution >= 4 is 218 Å². The van der Waals surface area contributed by atoms with Gasteiger partial charge in [-0.1, -0.05) is 249 Å². The summed E-state index contributed by atoms with van der Waals surface area (Å²) >= 11 is 3.73. The number of rotatable bonds is 7. The molecular formula is C118H72N12O2S2. The van der Waals surface area contributed by atoms with Gasteiger partial charge in [-0.3, -0.25) is 35.9 Å². The molecule has 134 heavy (non-hydrogen) atoms. The van der Waals surface area contributed by atoms with E-state index < -0.39 is 0 Å². The molecule has 0 atom stereocenters. The Hall–Kier alpha value is -17.7. The summed E-state index contributed by atoms with van der Waals surface area (Å²) in [4.78, 5) is 19.8. The average molecular weight is 1750 g/mol. The predicted octanol–water partition coefficient (Wildman–Crippen LogP) is 31.3. The Morgan fingerprint density at radius 3 is 1.02 bits per heavy atom. The molecule has 31 rings (SSSR count). The first kappa shape index (κ1) is 75.3. The number of imidazole rings is 4. The van der Waals surface area contributed by atoms with Gasteiger partial charge in [0, 0.05) is 137 Å². The molecule has 0 N–H and O–H groups in total. The van der Waals surface area contributed by atoms with Gasteiger partial charge in [0.25, 0.3) is 0 Å². The Labute approximate surface area is 770 Å². The Kier molecular flexibility index (Phi) is 16.8. The van der Waals surface area contributed by atoms with Crippen molar-refractivity contribution in [3.63, 3.8) is 0 Å². The van der Waals surface area contributed by atoms with E-state index in [0.29, 0.717) is 0 Å². The van der Waals surface area contributed by atoms with Gasteiger partial charge < -0.3 is 8.83 Å². The van der Waals surface area contributed by atoms with Crippen LogP contribution in [0.15, 0.2) is 446 Å². The maximum atomic E-state index is 6.28. The third-order valence-electron chi connectivity index (χ3n) is 26.6. The highest BCUT2D eigenvalue weighted by Crippen LogP contribution is 2.45. The van der Waals surface area contributed by atoms with E-state index in [1.165, 1.54) is 84.4 Å². The quantitative estimate of drug-likeness (QED) is 0.157. The maximum absolute atomic E-state index is 6.28. The second kappa shape index (κ2) is 29.9. The van der Waals surface area contributed by atoms with Gasteiger partial charge in [0.2, 0.25) is 0 Å². The number of pyridine rings is 4. The molecule has 628 valence electrons. The molecule has 16 heteroatoms. The van der Waals surface area contributed by atoms with Crippen LogP contribution in [0.3, 0.4) is 0 Å². The number of para-hydroxylation sites is 7. The van der Waals surface area contributed by atoms with Crippen LogP contribution in [0, 0.1) is 0 Å². The Bertz CT molecular complexity index is 9860. The lowest BCUT2D eigenvalue weighted by Crippen LogP contribution is -1.97. The van der Waals surface area contributed by atoms with Crippen LogP contribution in [0.4, 0.5) is 0 Å². The largest absolute Gasteiger partial charge is 0.456 e. The first-order chi connectivity index (χ1) is 66.5. The summed E-state index contributed by atoms with van der Waals surface area (Å²) in [6, 6.07) is 145. The highest BCUT2D eigenvalue weighted by atomic mass is 32.1. The standard InChI is InChI=1S/2C31H19N3O.C31H19N3S.C25H15N3S/c1-3-12-26-25(9-1)29-31(33-19-6-5-14-28(33)32-29)34(26)21-17-15-20(16-18-21)22-10-7-11-24-23-8-2-4-13-27(23)35-30(22)24;1-3-9-26-24(8-1)30-31(33-18-6-5-11-29(33)32-30)34(26)22-15-12-20(13-16-22)21-14-17-28-25(19-21)23-7-2-4-10-27(23)35-28;1-3-12-26-25(9-1)29-31(33-19-6-5-14-28(33)32-29)34(26)21-17-15-20(16-18-21)22-10-7-11-24-23-8-2-4-13-27(23)35-30(22)24;1-3-9-20-18(8-1)24-25(27-14-6-5-11-23(27)26-24)28(20)16-12-13-22-19(15-16)17-7-2-4-10-21(17)29-22/h3*1-19H;1-15H. The van der Waals surface area contributed by atoms with Crippen molar-refractivity contribution in [3.8, 4) is 56.1 Å². The van der Waals surface area contributed by atoms with Gasteiger partial charge in [0.15, 0.2) is 22.6 Å². The second-order valence-electron chi connectivity index (χ2n) is 34.1. The summed E-state index contributed by atoms with van der Waals surface area (Å²) in [6.45, 7) is 0. The molecule has 0 bridgehead atoms. The predicted molar refractivity (Wildman–Crippen MR) is 555 cm³/mol. The van der Waals surface area contributed by atoms with Gasteiger partial charge in [-0.05, 0) is 192 Å². The second-order valence-corrected chi connectivity index (χ2v) is 36.2. The van der Waals surface area contributed by atoms with E-state index in [4.69, 9.17) is 28.8 Å². The van der Waals surface area contributed by atoms with E-state index in [-0.39, 0.29) is 0 Å². The molecule has 0 aliphatic heterocycles. The van der Waals surface area contributed by atoms with Crippen LogP contribution in [0.25, 0.3) is 251 Å². The summed E-state index contributed by atoms with van der Waals surface area (Å²) in [7, 11) is 0. The van der Waals surface area contributed by atoms with Crippen molar-refractivity contribution in [1.82, 2.24) is 55.8 Å². The lowest BCUT2D eigenvalue weighted by molar-refractivity contribution is 0.669. The molecular weight excluding hydrogens is 1680 g/mol. The van der Waals surface area contributed by atoms with Crippen LogP contribution in [0.2, 0.25) is 0 Å². The number of furan rings is 2. The molecule has 15 aromatic carbocycles. The molecule has 0 aliphatic rings. The highest BCUT2D eigenvalue weighted by Gasteiger charge is 2.25. The van der Waals surface area contributed by atoms with Crippen molar-refractivity contribution in [2.75, 3.05) is 0 Å². The normalized spacial score (nSPS) is 12.0. The van der Waals surface area contributed by atoms with Gasteiger partial charge in [-0.2, -0.15) is 0 Å². The van der Waals surface area contributed by atoms with Crippen LogP contribution >= 0.6 is 22.7 Å². The summed E-state index contributed by atoms with van der Waals surface area (Å²) in [6.07, 6.45) is 8.35. The molecule has 0 aliphatic carbocycles. The monoisotopic (exact) mass is 1750 g/mol. The maximum Gasteiger partial charge on any atom is 0.150 e. The average Bonchev–Trinajstić information content (AvgIpc) is 1.57. The first-order valence-corrected chi connectivity index (χ1v) is 46.5. The van der Waals surface area contributed by atoms with Crippen molar-refractivity contribution in [1.29, 1.82) is 0 Å². The van der Waals surface area contributed by atoms with E-state index in [9.17, 15) is 0 Å². The minimum absolute atomic E-state index is 0.917. The molecule has 0 fully saturated rings. The van der Waals surface area contributed by atoms with Crippen molar-refractivity contribution in [2.45, 2.75) is 0 Å². The molecule has 14 nitrogen and oxygen atoms in total. The van der Waals surface area contributed by atoms with E-state index in [2.05, 4.69) is 419 Å². The molecule has 0 amide bonds. The molecule has 16 aromatic heterocycles. The van der Waals surface area contributed by atoms with E-state index in [1.54, 1.807) is 0 Å². The van der Waals surface area contributed by atoms with Crippen molar-refractivity contribution in [3.05, 3.63) is 437 Å². The van der Waals surface area contributed by atoms with E-state index in [1.807, 2.05) is 77.3 Å². The van der Waals surface area contributed by atoms with Gasteiger partial charge in [-0.15, -0.1) is 22.7 Å². The number of fused-ring (bicyclic) bond motifs is 32. The minimum atomic E-state index is 0.917. The third kappa shape index (κ3) is 11.7. The number of hydrogen-bond donors (Lipinski definition) is 0. The SMILES string of the molecule is c1ccc2c(c1)oc1c(-c3ccc(-n4c5ccccc5c5nc6ccccn6c54)cc3)cccc12.c1ccc2c(c1)oc1ccc(-c3ccc(-n4c5ccccc5c5nc6ccccn6c54)cc3)cc12.c1ccc2c(c1)sc1c(-c3ccc(-n4c5ccccc5c5nc6ccccn6c54)cc3)cccc12.c1ccc2c(c1)sc1ccc(-n3c4ccccc4c4nc5ccccn5c43)cc12. The molecule has 0 saturated carbocycles. The fourth-order valence-corrected chi connectivity index (χ4v) is 22.9. The number of benzene rings is 15. The Morgan fingerprint density at radius 1 is 0.201 bits per heavy atom. The summed E-state index contributed by atoms with van der Waals surface area (Å²) in [5.41, 5.74) is 32.3. The summed E-state index contributed by atoms with van der Waals surface area (Å²) in [5.74, 6) is 0. The van der Waals surface area contributed by atoms with Gasteiger partial charge in [0.1, 0.15) is 67.0 Å².